The molecule has 0 aliphatic heterocycles. The summed E-state index contributed by atoms with van der Waals surface area (Å²) in [5.41, 5.74) is 0. The Hall–Kier alpha value is -1.10. The van der Waals surface area contributed by atoms with Gasteiger partial charge in [0.1, 0.15) is 0 Å². The molecule has 2 atom stereocenters. The summed E-state index contributed by atoms with van der Waals surface area (Å²) in [6, 6.07) is 0.518. The van der Waals surface area contributed by atoms with E-state index in [9.17, 15) is 0 Å². The molecule has 6 heteroatoms. The number of anilines is 1. The van der Waals surface area contributed by atoms with Crippen molar-refractivity contribution in [2.24, 2.45) is 5.92 Å². The number of ether oxygens (including phenoxy) is 1. The van der Waals surface area contributed by atoms with Gasteiger partial charge in [-0.25, -0.2) is 0 Å². The Morgan fingerprint density at radius 2 is 1.83 bits per heavy atom. The van der Waals surface area contributed by atoms with Crippen molar-refractivity contribution < 1.29 is 4.74 Å². The predicted octanol–water partition coefficient (Wildman–Crippen LogP) is 3.16. The molecule has 102 valence electrons. The number of halogens is 1. The normalized spacial score (nSPS) is 14.4. The molecule has 0 saturated carbocycles. The first-order chi connectivity index (χ1) is 8.42. The molecule has 1 rings (SSSR count). The number of hydrogen-bond acceptors (Lipinski definition) is 5. The van der Waals surface area contributed by atoms with Gasteiger partial charge in [0.15, 0.2) is 0 Å². The van der Waals surface area contributed by atoms with Crippen molar-refractivity contribution in [2.45, 2.75) is 53.2 Å². The molecule has 0 saturated heterocycles. The molecule has 1 aromatic rings. The molecular formula is C12H21ClN4O. The lowest BCUT2D eigenvalue weighted by Crippen LogP contribution is -2.24. The first kappa shape index (κ1) is 15.0. The predicted molar refractivity (Wildman–Crippen MR) is 73.1 cm³/mol. The second-order valence-electron chi connectivity index (χ2n) is 4.70. The van der Waals surface area contributed by atoms with Crippen LogP contribution in [0.5, 0.6) is 6.01 Å². The summed E-state index contributed by atoms with van der Waals surface area (Å²) in [5.74, 6) is 0.980. The molecule has 0 radical (unpaired) electrons. The number of nitrogens with one attached hydrogen (secondary N) is 1. The van der Waals surface area contributed by atoms with Gasteiger partial charge in [-0.1, -0.05) is 20.3 Å². The van der Waals surface area contributed by atoms with Gasteiger partial charge in [-0.05, 0) is 38.3 Å². The molecule has 5 nitrogen and oxygen atoms in total. The number of rotatable bonds is 6. The highest BCUT2D eigenvalue weighted by Gasteiger charge is 2.13. The van der Waals surface area contributed by atoms with Crippen molar-refractivity contribution in [1.29, 1.82) is 0 Å². The topological polar surface area (TPSA) is 59.9 Å². The van der Waals surface area contributed by atoms with E-state index in [1.54, 1.807) is 0 Å². The molecule has 2 unspecified atom stereocenters. The van der Waals surface area contributed by atoms with Crippen LogP contribution in [0.25, 0.3) is 0 Å². The average Bonchev–Trinajstić information content (AvgIpc) is 2.25. The lowest BCUT2D eigenvalue weighted by molar-refractivity contribution is 0.221. The standard InChI is InChI=1S/C12H21ClN4O/c1-6-8(4)9(5)14-11-15-10(13)16-12(17-11)18-7(2)3/h7-9H,6H2,1-5H3,(H,14,15,16,17). The van der Waals surface area contributed by atoms with Crippen LogP contribution in [-0.2, 0) is 0 Å². The van der Waals surface area contributed by atoms with E-state index in [4.69, 9.17) is 16.3 Å². The fourth-order valence-electron chi connectivity index (χ4n) is 1.36. The van der Waals surface area contributed by atoms with Gasteiger partial charge in [0.25, 0.3) is 0 Å². The fraction of sp³-hybridized carbons (Fsp3) is 0.750. The molecule has 1 heterocycles. The van der Waals surface area contributed by atoms with E-state index in [-0.39, 0.29) is 23.4 Å². The van der Waals surface area contributed by atoms with Gasteiger partial charge in [-0.3, -0.25) is 0 Å². The Balaban J connectivity index is 2.79. The zero-order chi connectivity index (χ0) is 13.7. The van der Waals surface area contributed by atoms with Crippen LogP contribution >= 0.6 is 11.6 Å². The minimum Gasteiger partial charge on any atom is -0.461 e. The summed E-state index contributed by atoms with van der Waals surface area (Å²) in [6.45, 7) is 10.2. The highest BCUT2D eigenvalue weighted by atomic mass is 35.5. The summed E-state index contributed by atoms with van der Waals surface area (Å²) < 4.78 is 5.42. The zero-order valence-corrected chi connectivity index (χ0v) is 12.3. The van der Waals surface area contributed by atoms with E-state index in [1.165, 1.54) is 0 Å². The average molecular weight is 273 g/mol. The summed E-state index contributed by atoms with van der Waals surface area (Å²) >= 11 is 5.85. The van der Waals surface area contributed by atoms with Crippen LogP contribution < -0.4 is 10.1 Å². The Kier molecular flexibility index (Phi) is 5.59. The van der Waals surface area contributed by atoms with Crippen LogP contribution in [0.1, 0.15) is 41.0 Å². The lowest BCUT2D eigenvalue weighted by Gasteiger charge is -2.20. The van der Waals surface area contributed by atoms with Crippen LogP contribution in [0, 0.1) is 5.92 Å². The maximum atomic E-state index is 5.85. The van der Waals surface area contributed by atoms with Gasteiger partial charge in [0.2, 0.25) is 11.2 Å². The van der Waals surface area contributed by atoms with Crippen molar-refractivity contribution in [3.63, 3.8) is 0 Å². The van der Waals surface area contributed by atoms with Crippen molar-refractivity contribution in [3.8, 4) is 6.01 Å². The molecule has 0 aliphatic carbocycles. The highest BCUT2D eigenvalue weighted by Crippen LogP contribution is 2.16. The molecular weight excluding hydrogens is 252 g/mol. The van der Waals surface area contributed by atoms with Crippen LogP contribution in [-0.4, -0.2) is 27.1 Å². The van der Waals surface area contributed by atoms with Crippen molar-refractivity contribution in [1.82, 2.24) is 15.0 Å². The second-order valence-corrected chi connectivity index (χ2v) is 5.03. The van der Waals surface area contributed by atoms with Gasteiger partial charge in [-0.2, -0.15) is 15.0 Å². The molecule has 1 N–H and O–H groups in total. The fourth-order valence-corrected chi connectivity index (χ4v) is 1.51. The molecule has 0 fully saturated rings. The van der Waals surface area contributed by atoms with Gasteiger partial charge in [0.05, 0.1) is 6.10 Å². The number of nitrogens with zero attached hydrogens (tertiary/aromatic N) is 3. The summed E-state index contributed by atoms with van der Waals surface area (Å²) in [5, 5.41) is 3.36. The number of hydrogen-bond donors (Lipinski definition) is 1. The minimum atomic E-state index is 0.00306. The molecule has 1 aromatic heterocycles. The lowest BCUT2D eigenvalue weighted by atomic mass is 10.0. The minimum absolute atomic E-state index is 0.00306. The maximum Gasteiger partial charge on any atom is 0.322 e. The van der Waals surface area contributed by atoms with Crippen LogP contribution in [0.3, 0.4) is 0 Å². The van der Waals surface area contributed by atoms with E-state index in [2.05, 4.69) is 41.0 Å². The van der Waals surface area contributed by atoms with Gasteiger partial charge in [-0.15, -0.1) is 0 Å². The zero-order valence-electron chi connectivity index (χ0n) is 11.6. The Bertz CT molecular complexity index is 386. The third-order valence-corrected chi connectivity index (χ3v) is 2.95. The first-order valence-electron chi connectivity index (χ1n) is 6.27. The van der Waals surface area contributed by atoms with Crippen LogP contribution in [0.2, 0.25) is 5.28 Å². The van der Waals surface area contributed by atoms with Gasteiger partial charge < -0.3 is 10.1 Å². The largest absolute Gasteiger partial charge is 0.461 e. The van der Waals surface area contributed by atoms with Crippen molar-refractivity contribution in [2.75, 3.05) is 5.32 Å². The molecule has 18 heavy (non-hydrogen) atoms. The third-order valence-electron chi connectivity index (χ3n) is 2.78. The SMILES string of the molecule is CCC(C)C(C)Nc1nc(Cl)nc(OC(C)C)n1. The number of aromatic nitrogens is 3. The van der Waals surface area contributed by atoms with Crippen molar-refractivity contribution >= 4 is 17.5 Å². The van der Waals surface area contributed by atoms with Crippen LogP contribution in [0.15, 0.2) is 0 Å². The maximum absolute atomic E-state index is 5.85. The van der Waals surface area contributed by atoms with E-state index in [0.29, 0.717) is 11.9 Å². The molecule has 0 spiro atoms. The van der Waals surface area contributed by atoms with E-state index >= 15 is 0 Å². The van der Waals surface area contributed by atoms with Gasteiger partial charge in [0, 0.05) is 6.04 Å². The summed E-state index contributed by atoms with van der Waals surface area (Å²) in [6.07, 6.45) is 1.09. The van der Waals surface area contributed by atoms with E-state index in [1.807, 2.05) is 13.8 Å². The molecule has 0 amide bonds. The monoisotopic (exact) mass is 272 g/mol. The van der Waals surface area contributed by atoms with E-state index in [0.717, 1.165) is 6.42 Å². The van der Waals surface area contributed by atoms with Crippen LogP contribution in [0.4, 0.5) is 5.95 Å². The quantitative estimate of drug-likeness (QED) is 0.862. The first-order valence-corrected chi connectivity index (χ1v) is 6.65. The Morgan fingerprint density at radius 3 is 2.39 bits per heavy atom. The Morgan fingerprint density at radius 1 is 1.17 bits per heavy atom. The summed E-state index contributed by atoms with van der Waals surface area (Å²) in [7, 11) is 0. The molecule has 0 bridgehead atoms. The highest BCUT2D eigenvalue weighted by molar-refractivity contribution is 6.28. The van der Waals surface area contributed by atoms with Crippen molar-refractivity contribution in [3.05, 3.63) is 5.28 Å². The second kappa shape index (κ2) is 6.73. The molecule has 0 aromatic carbocycles. The molecule has 0 aliphatic rings. The smallest absolute Gasteiger partial charge is 0.322 e. The van der Waals surface area contributed by atoms with Gasteiger partial charge >= 0.3 is 6.01 Å². The Labute approximate surface area is 113 Å². The third kappa shape index (κ3) is 4.64. The van der Waals surface area contributed by atoms with E-state index < -0.39 is 0 Å². The summed E-state index contributed by atoms with van der Waals surface area (Å²) in [4.78, 5) is 12.2.